The van der Waals surface area contributed by atoms with E-state index in [1.54, 1.807) is 18.2 Å². The highest BCUT2D eigenvalue weighted by Gasteiger charge is 2.18. The molecule has 2 aromatic rings. The zero-order valence-electron chi connectivity index (χ0n) is 15.4. The van der Waals surface area contributed by atoms with Gasteiger partial charge < -0.3 is 15.5 Å². The van der Waals surface area contributed by atoms with Crippen LogP contribution in [0.25, 0.3) is 0 Å². The number of carbonyl (C=O) groups is 2. The molecule has 27 heavy (non-hydrogen) atoms. The van der Waals surface area contributed by atoms with Gasteiger partial charge in [0.25, 0.3) is 11.8 Å². The lowest BCUT2D eigenvalue weighted by Crippen LogP contribution is -3.14. The molecule has 0 saturated carbocycles. The molecule has 2 amide bonds. The van der Waals surface area contributed by atoms with E-state index in [-0.39, 0.29) is 24.9 Å². The first-order valence-corrected chi connectivity index (χ1v) is 9.58. The van der Waals surface area contributed by atoms with Gasteiger partial charge in [0.05, 0.1) is 16.6 Å². The van der Waals surface area contributed by atoms with Crippen LogP contribution in [0.5, 0.6) is 0 Å². The number of amides is 2. The van der Waals surface area contributed by atoms with Crippen LogP contribution < -0.4 is 15.5 Å². The summed E-state index contributed by atoms with van der Waals surface area (Å²) in [6.07, 6.45) is 0.868. The smallest absolute Gasteiger partial charge is 0.279 e. The van der Waals surface area contributed by atoms with Crippen molar-refractivity contribution >= 4 is 46.4 Å². The molecule has 2 aromatic carbocycles. The van der Waals surface area contributed by atoms with Crippen molar-refractivity contribution in [1.29, 1.82) is 0 Å². The Morgan fingerprint density at radius 3 is 2.26 bits per heavy atom. The molecule has 3 N–H and O–H groups in total. The minimum absolute atomic E-state index is 0.116. The van der Waals surface area contributed by atoms with Gasteiger partial charge in [-0.15, -0.1) is 0 Å². The summed E-state index contributed by atoms with van der Waals surface area (Å²) < 4.78 is 0. The SMILES string of the molecule is CCC[NH+](CC(=O)Nc1ccc(Cl)c(Cl)c1)CC(=O)Nc1ccccc1C. The van der Waals surface area contributed by atoms with E-state index >= 15 is 0 Å². The highest BCUT2D eigenvalue weighted by molar-refractivity contribution is 6.42. The number of benzene rings is 2. The maximum atomic E-state index is 12.4. The molecule has 0 fully saturated rings. The summed E-state index contributed by atoms with van der Waals surface area (Å²) in [6.45, 7) is 5.09. The molecule has 0 spiro atoms. The number of aryl methyl sites for hydroxylation is 1. The fourth-order valence-electron chi connectivity index (χ4n) is 2.73. The Morgan fingerprint density at radius 2 is 1.63 bits per heavy atom. The van der Waals surface area contributed by atoms with Gasteiger partial charge in [0, 0.05) is 11.4 Å². The summed E-state index contributed by atoms with van der Waals surface area (Å²) in [7, 11) is 0. The number of carbonyl (C=O) groups excluding carboxylic acids is 2. The molecular weight excluding hydrogens is 385 g/mol. The third-order valence-corrected chi connectivity index (χ3v) is 4.79. The van der Waals surface area contributed by atoms with E-state index in [9.17, 15) is 9.59 Å². The van der Waals surface area contributed by atoms with Gasteiger partial charge in [0.2, 0.25) is 0 Å². The summed E-state index contributed by atoms with van der Waals surface area (Å²) in [5.74, 6) is -0.296. The Labute approximate surface area is 169 Å². The lowest BCUT2D eigenvalue weighted by atomic mass is 10.2. The van der Waals surface area contributed by atoms with Gasteiger partial charge in [-0.1, -0.05) is 48.3 Å². The van der Waals surface area contributed by atoms with E-state index in [1.807, 2.05) is 38.1 Å². The van der Waals surface area contributed by atoms with E-state index in [4.69, 9.17) is 23.2 Å². The minimum atomic E-state index is -0.180. The predicted molar refractivity (Wildman–Crippen MR) is 111 cm³/mol. The van der Waals surface area contributed by atoms with E-state index in [0.29, 0.717) is 15.7 Å². The Kier molecular flexibility index (Phi) is 8.10. The molecule has 2 rings (SSSR count). The van der Waals surface area contributed by atoms with Gasteiger partial charge in [-0.2, -0.15) is 0 Å². The fourth-order valence-corrected chi connectivity index (χ4v) is 3.03. The van der Waals surface area contributed by atoms with Crippen molar-refractivity contribution in [3.05, 3.63) is 58.1 Å². The molecule has 0 radical (unpaired) electrons. The van der Waals surface area contributed by atoms with Crippen LogP contribution in [0, 0.1) is 6.92 Å². The van der Waals surface area contributed by atoms with Gasteiger partial charge in [-0.3, -0.25) is 9.59 Å². The van der Waals surface area contributed by atoms with Gasteiger partial charge in [-0.25, -0.2) is 0 Å². The Hall–Kier alpha value is -2.08. The largest absolute Gasteiger partial charge is 0.321 e. The molecule has 0 saturated heterocycles. The van der Waals surface area contributed by atoms with Gasteiger partial charge in [-0.05, 0) is 43.2 Å². The average molecular weight is 409 g/mol. The van der Waals surface area contributed by atoms with Crippen molar-refractivity contribution in [1.82, 2.24) is 0 Å². The minimum Gasteiger partial charge on any atom is -0.321 e. The third-order valence-electron chi connectivity index (χ3n) is 4.05. The molecule has 1 unspecified atom stereocenters. The van der Waals surface area contributed by atoms with Crippen LogP contribution in [0.2, 0.25) is 10.0 Å². The van der Waals surface area contributed by atoms with Crippen LogP contribution in [0.15, 0.2) is 42.5 Å². The molecule has 0 aromatic heterocycles. The molecule has 0 aliphatic carbocycles. The maximum absolute atomic E-state index is 12.4. The van der Waals surface area contributed by atoms with Crippen molar-refractivity contribution in [3.63, 3.8) is 0 Å². The molecule has 0 heterocycles. The van der Waals surface area contributed by atoms with E-state index in [1.165, 1.54) is 0 Å². The van der Waals surface area contributed by atoms with Gasteiger partial charge >= 0.3 is 0 Å². The second-order valence-electron chi connectivity index (χ2n) is 6.39. The number of rotatable bonds is 8. The number of halogens is 2. The first-order valence-electron chi connectivity index (χ1n) is 8.83. The zero-order valence-corrected chi connectivity index (χ0v) is 17.0. The first kappa shape index (κ1) is 21.2. The van der Waals surface area contributed by atoms with Crippen LogP contribution in [0.3, 0.4) is 0 Å². The van der Waals surface area contributed by atoms with Crippen molar-refractivity contribution in [2.75, 3.05) is 30.3 Å². The number of anilines is 2. The number of para-hydroxylation sites is 1. The summed E-state index contributed by atoms with van der Waals surface area (Å²) in [5, 5.41) is 6.52. The molecule has 7 heteroatoms. The summed E-state index contributed by atoms with van der Waals surface area (Å²) in [4.78, 5) is 25.6. The molecule has 0 bridgehead atoms. The zero-order chi connectivity index (χ0) is 19.8. The molecule has 5 nitrogen and oxygen atoms in total. The monoisotopic (exact) mass is 408 g/mol. The Bertz CT molecular complexity index is 812. The van der Waals surface area contributed by atoms with E-state index in [0.717, 1.165) is 29.1 Å². The lowest BCUT2D eigenvalue weighted by Gasteiger charge is -2.18. The van der Waals surface area contributed by atoms with Crippen LogP contribution >= 0.6 is 23.2 Å². The standard InChI is InChI=1S/C20H23Cl2N3O2/c1-3-10-25(13-20(27)24-18-7-5-4-6-14(18)2)12-19(26)23-15-8-9-16(21)17(22)11-15/h4-9,11H,3,10,12-13H2,1-2H3,(H,23,26)(H,24,27)/p+1. The van der Waals surface area contributed by atoms with Crippen LogP contribution in [0.4, 0.5) is 11.4 Å². The second kappa shape index (κ2) is 10.3. The normalized spacial score (nSPS) is 11.7. The van der Waals surface area contributed by atoms with Gasteiger partial charge in [0.1, 0.15) is 0 Å². The molecule has 0 aliphatic rings. The van der Waals surface area contributed by atoms with Crippen LogP contribution in [-0.4, -0.2) is 31.4 Å². The highest BCUT2D eigenvalue weighted by Crippen LogP contribution is 2.24. The van der Waals surface area contributed by atoms with E-state index < -0.39 is 0 Å². The molecule has 0 aliphatic heterocycles. The fraction of sp³-hybridized carbons (Fsp3) is 0.300. The molecule has 1 atom stereocenters. The van der Waals surface area contributed by atoms with Crippen LogP contribution in [-0.2, 0) is 9.59 Å². The number of hydrogen-bond donors (Lipinski definition) is 3. The second-order valence-corrected chi connectivity index (χ2v) is 7.21. The quantitative estimate of drug-likeness (QED) is 0.627. The predicted octanol–water partition coefficient (Wildman–Crippen LogP) is 3.17. The number of quaternary nitrogens is 1. The lowest BCUT2D eigenvalue weighted by molar-refractivity contribution is -0.883. The van der Waals surface area contributed by atoms with E-state index in [2.05, 4.69) is 10.6 Å². The average Bonchev–Trinajstić information content (AvgIpc) is 2.60. The molecular formula is C20H24Cl2N3O2+. The van der Waals surface area contributed by atoms with Gasteiger partial charge in [0.15, 0.2) is 13.1 Å². The number of hydrogen-bond acceptors (Lipinski definition) is 2. The van der Waals surface area contributed by atoms with Crippen molar-refractivity contribution < 1.29 is 14.5 Å². The number of nitrogens with one attached hydrogen (secondary N) is 3. The summed E-state index contributed by atoms with van der Waals surface area (Å²) >= 11 is 11.9. The Balaban J connectivity index is 1.93. The third kappa shape index (κ3) is 6.86. The van der Waals surface area contributed by atoms with Crippen molar-refractivity contribution in [2.45, 2.75) is 20.3 Å². The first-order chi connectivity index (χ1) is 12.9. The van der Waals surface area contributed by atoms with Crippen molar-refractivity contribution in [3.8, 4) is 0 Å². The maximum Gasteiger partial charge on any atom is 0.279 e. The Morgan fingerprint density at radius 1 is 0.963 bits per heavy atom. The summed E-state index contributed by atoms with van der Waals surface area (Å²) in [5.41, 5.74) is 2.37. The highest BCUT2D eigenvalue weighted by atomic mass is 35.5. The van der Waals surface area contributed by atoms with Crippen LogP contribution in [0.1, 0.15) is 18.9 Å². The van der Waals surface area contributed by atoms with Crippen molar-refractivity contribution in [2.24, 2.45) is 0 Å². The molecule has 144 valence electrons. The summed E-state index contributed by atoms with van der Waals surface area (Å²) in [6, 6.07) is 12.5. The topological polar surface area (TPSA) is 62.6 Å².